The Balaban J connectivity index is 1.60. The molecule has 1 saturated heterocycles. The van der Waals surface area contributed by atoms with E-state index in [-0.39, 0.29) is 11.7 Å². The second-order valence-corrected chi connectivity index (χ2v) is 7.03. The standard InChI is InChI=1S/C19H27FN2O2/c1-21-11-3-2-4-12-22(15-16-5-7-17(20)8-6-16)13-14-24-19(9-10-19)18(21)23/h5-8H,2-4,9-15H2,1H3. The maximum absolute atomic E-state index is 13.1. The first-order valence-corrected chi connectivity index (χ1v) is 8.95. The lowest BCUT2D eigenvalue weighted by Gasteiger charge is -2.28. The molecule has 1 amide bonds. The van der Waals surface area contributed by atoms with Gasteiger partial charge in [0.05, 0.1) is 6.61 Å². The van der Waals surface area contributed by atoms with Crippen molar-refractivity contribution in [3.8, 4) is 0 Å². The summed E-state index contributed by atoms with van der Waals surface area (Å²) < 4.78 is 19.0. The van der Waals surface area contributed by atoms with Crippen LogP contribution in [0.2, 0.25) is 0 Å². The number of hydrogen-bond acceptors (Lipinski definition) is 3. The Bertz CT molecular complexity index is 557. The lowest BCUT2D eigenvalue weighted by Crippen LogP contribution is -2.42. The molecule has 2 fully saturated rings. The van der Waals surface area contributed by atoms with Crippen molar-refractivity contribution in [1.29, 1.82) is 0 Å². The Labute approximate surface area is 143 Å². The van der Waals surface area contributed by atoms with Crippen molar-refractivity contribution in [2.75, 3.05) is 33.3 Å². The number of likely N-dealkylation sites (N-methyl/N-ethyl adjacent to an activating group) is 1. The van der Waals surface area contributed by atoms with Gasteiger partial charge in [-0.05, 0) is 49.9 Å². The van der Waals surface area contributed by atoms with Crippen LogP contribution in [-0.4, -0.2) is 54.6 Å². The van der Waals surface area contributed by atoms with Gasteiger partial charge in [0.15, 0.2) is 0 Å². The first-order valence-electron chi connectivity index (χ1n) is 8.95. The number of halogens is 1. The van der Waals surface area contributed by atoms with Crippen molar-refractivity contribution in [2.45, 2.75) is 44.2 Å². The SMILES string of the molecule is CN1CCCCCN(Cc2ccc(F)cc2)CCOC2(CC2)C1=O. The van der Waals surface area contributed by atoms with Crippen molar-refractivity contribution in [3.63, 3.8) is 0 Å². The van der Waals surface area contributed by atoms with E-state index in [1.54, 1.807) is 0 Å². The summed E-state index contributed by atoms with van der Waals surface area (Å²) in [5.41, 5.74) is 0.565. The molecule has 5 heteroatoms. The molecular weight excluding hydrogens is 307 g/mol. The summed E-state index contributed by atoms with van der Waals surface area (Å²) in [5, 5.41) is 0. The minimum Gasteiger partial charge on any atom is -0.364 e. The van der Waals surface area contributed by atoms with E-state index in [1.807, 2.05) is 24.1 Å². The van der Waals surface area contributed by atoms with Crippen LogP contribution in [0.1, 0.15) is 37.7 Å². The number of rotatable bonds is 2. The van der Waals surface area contributed by atoms with Gasteiger partial charge in [0.2, 0.25) is 0 Å². The van der Waals surface area contributed by atoms with Gasteiger partial charge in [-0.3, -0.25) is 9.69 Å². The zero-order valence-corrected chi connectivity index (χ0v) is 14.5. The molecule has 1 saturated carbocycles. The smallest absolute Gasteiger partial charge is 0.254 e. The zero-order chi connectivity index (χ0) is 17.0. The van der Waals surface area contributed by atoms with E-state index in [0.717, 1.165) is 63.8 Å². The highest BCUT2D eigenvalue weighted by Gasteiger charge is 2.52. The lowest BCUT2D eigenvalue weighted by molar-refractivity contribution is -0.146. The Kier molecular flexibility index (Phi) is 5.51. The number of benzene rings is 1. The van der Waals surface area contributed by atoms with Crippen molar-refractivity contribution in [3.05, 3.63) is 35.6 Å². The number of ether oxygens (including phenoxy) is 1. The number of carbonyl (C=O) groups excluding carboxylic acids is 1. The molecule has 0 unspecified atom stereocenters. The number of amides is 1. The van der Waals surface area contributed by atoms with E-state index < -0.39 is 5.60 Å². The molecule has 24 heavy (non-hydrogen) atoms. The van der Waals surface area contributed by atoms with Crippen LogP contribution < -0.4 is 0 Å². The van der Waals surface area contributed by atoms with E-state index in [2.05, 4.69) is 4.90 Å². The van der Waals surface area contributed by atoms with Gasteiger partial charge in [0, 0.05) is 26.7 Å². The molecule has 0 aromatic heterocycles. The summed E-state index contributed by atoms with van der Waals surface area (Å²) >= 11 is 0. The molecule has 0 N–H and O–H groups in total. The molecule has 3 rings (SSSR count). The van der Waals surface area contributed by atoms with Gasteiger partial charge < -0.3 is 9.64 Å². The van der Waals surface area contributed by atoms with Gasteiger partial charge in [0.1, 0.15) is 11.4 Å². The van der Waals surface area contributed by atoms with E-state index in [0.29, 0.717) is 6.61 Å². The summed E-state index contributed by atoms with van der Waals surface area (Å²) in [5.74, 6) is -0.0535. The van der Waals surface area contributed by atoms with Gasteiger partial charge >= 0.3 is 0 Å². The highest BCUT2D eigenvalue weighted by molar-refractivity contribution is 5.88. The molecule has 1 heterocycles. The summed E-state index contributed by atoms with van der Waals surface area (Å²) in [6, 6.07) is 6.70. The monoisotopic (exact) mass is 334 g/mol. The van der Waals surface area contributed by atoms with Crippen molar-refractivity contribution >= 4 is 5.91 Å². The zero-order valence-electron chi connectivity index (χ0n) is 14.5. The fourth-order valence-corrected chi connectivity index (χ4v) is 3.33. The average Bonchev–Trinajstić information content (AvgIpc) is 3.35. The van der Waals surface area contributed by atoms with Crippen LogP contribution in [-0.2, 0) is 16.1 Å². The first-order chi connectivity index (χ1) is 11.6. The minimum absolute atomic E-state index is 0.146. The molecule has 4 nitrogen and oxygen atoms in total. The quantitative estimate of drug-likeness (QED) is 0.834. The van der Waals surface area contributed by atoms with E-state index in [1.165, 1.54) is 12.1 Å². The van der Waals surface area contributed by atoms with E-state index in [9.17, 15) is 9.18 Å². The van der Waals surface area contributed by atoms with Gasteiger partial charge in [-0.15, -0.1) is 0 Å². The molecule has 1 aliphatic carbocycles. The second-order valence-electron chi connectivity index (χ2n) is 7.03. The summed E-state index contributed by atoms with van der Waals surface area (Å²) in [6.45, 7) is 3.98. The predicted octanol–water partition coefficient (Wildman–Crippen LogP) is 2.82. The Hall–Kier alpha value is -1.46. The van der Waals surface area contributed by atoms with Crippen molar-refractivity contribution in [1.82, 2.24) is 9.80 Å². The van der Waals surface area contributed by atoms with Crippen LogP contribution in [0.5, 0.6) is 0 Å². The maximum Gasteiger partial charge on any atom is 0.254 e. The normalized spacial score (nSPS) is 22.9. The predicted molar refractivity (Wildman–Crippen MR) is 91.1 cm³/mol. The molecule has 1 aromatic rings. The van der Waals surface area contributed by atoms with Crippen LogP contribution >= 0.6 is 0 Å². The highest BCUT2D eigenvalue weighted by atomic mass is 19.1. The molecule has 132 valence electrons. The fourth-order valence-electron chi connectivity index (χ4n) is 3.33. The van der Waals surface area contributed by atoms with Gasteiger partial charge in [-0.2, -0.15) is 0 Å². The van der Waals surface area contributed by atoms with Crippen LogP contribution in [0.3, 0.4) is 0 Å². The maximum atomic E-state index is 13.1. The van der Waals surface area contributed by atoms with Gasteiger partial charge in [-0.1, -0.05) is 18.6 Å². The summed E-state index contributed by atoms with van der Waals surface area (Å²) in [4.78, 5) is 16.7. The van der Waals surface area contributed by atoms with Crippen LogP contribution in [0.25, 0.3) is 0 Å². The van der Waals surface area contributed by atoms with Crippen LogP contribution in [0.15, 0.2) is 24.3 Å². The molecule has 2 aliphatic rings. The third-order valence-corrected chi connectivity index (χ3v) is 5.01. The van der Waals surface area contributed by atoms with Crippen molar-refractivity contribution < 1.29 is 13.9 Å². The third-order valence-electron chi connectivity index (χ3n) is 5.01. The van der Waals surface area contributed by atoms with E-state index >= 15 is 0 Å². The first kappa shape index (κ1) is 17.4. The number of nitrogens with zero attached hydrogens (tertiary/aromatic N) is 2. The molecule has 1 spiro atoms. The minimum atomic E-state index is -0.546. The Morgan fingerprint density at radius 2 is 1.79 bits per heavy atom. The third kappa shape index (κ3) is 4.33. The number of carbonyl (C=O) groups is 1. The largest absolute Gasteiger partial charge is 0.364 e. The second kappa shape index (κ2) is 7.62. The van der Waals surface area contributed by atoms with Crippen LogP contribution in [0, 0.1) is 5.82 Å². The molecule has 0 bridgehead atoms. The molecule has 1 aromatic carbocycles. The Morgan fingerprint density at radius 3 is 2.50 bits per heavy atom. The Morgan fingerprint density at radius 1 is 1.08 bits per heavy atom. The van der Waals surface area contributed by atoms with Crippen LogP contribution in [0.4, 0.5) is 4.39 Å². The summed E-state index contributed by atoms with van der Waals surface area (Å²) in [7, 11) is 1.89. The molecule has 0 atom stereocenters. The fraction of sp³-hybridized carbons (Fsp3) is 0.632. The summed E-state index contributed by atoms with van der Waals surface area (Å²) in [6.07, 6.45) is 4.94. The molecule has 1 aliphatic heterocycles. The molecular formula is C19H27FN2O2. The number of hydrogen-bond donors (Lipinski definition) is 0. The topological polar surface area (TPSA) is 32.8 Å². The average molecular weight is 334 g/mol. The van der Waals surface area contributed by atoms with Gasteiger partial charge in [0.25, 0.3) is 5.91 Å². The molecule has 0 radical (unpaired) electrons. The van der Waals surface area contributed by atoms with E-state index in [4.69, 9.17) is 4.74 Å². The highest BCUT2D eigenvalue weighted by Crippen LogP contribution is 2.41. The lowest BCUT2D eigenvalue weighted by atomic mass is 10.1. The van der Waals surface area contributed by atoms with Gasteiger partial charge in [-0.25, -0.2) is 4.39 Å². The van der Waals surface area contributed by atoms with Crippen molar-refractivity contribution in [2.24, 2.45) is 0 Å².